The van der Waals surface area contributed by atoms with Crippen LogP contribution in [0.25, 0.3) is 0 Å². The highest BCUT2D eigenvalue weighted by atomic mass is 15.2. The van der Waals surface area contributed by atoms with Crippen LogP contribution in [0.4, 0.5) is 0 Å². The molecule has 0 aliphatic heterocycles. The van der Waals surface area contributed by atoms with Crippen LogP contribution in [-0.4, -0.2) is 36.1 Å². The van der Waals surface area contributed by atoms with Crippen molar-refractivity contribution in [1.29, 1.82) is 0 Å². The molecule has 0 aromatic carbocycles. The minimum atomic E-state index is 0.717. The lowest BCUT2D eigenvalue weighted by Crippen LogP contribution is -2.51. The molecule has 0 aromatic heterocycles. The van der Waals surface area contributed by atoms with Crippen molar-refractivity contribution >= 4 is 0 Å². The van der Waals surface area contributed by atoms with Gasteiger partial charge in [0.15, 0.2) is 0 Å². The van der Waals surface area contributed by atoms with Crippen LogP contribution in [0.1, 0.15) is 72.1 Å². The van der Waals surface area contributed by atoms with Crippen molar-refractivity contribution in [1.82, 2.24) is 10.2 Å². The molecule has 0 bridgehead atoms. The van der Waals surface area contributed by atoms with E-state index in [0.717, 1.165) is 18.0 Å². The molecule has 19 heavy (non-hydrogen) atoms. The average Bonchev–Trinajstić information content (AvgIpc) is 3.28. The molecule has 0 radical (unpaired) electrons. The van der Waals surface area contributed by atoms with Gasteiger partial charge in [-0.2, -0.15) is 0 Å². The van der Waals surface area contributed by atoms with Crippen LogP contribution >= 0.6 is 0 Å². The maximum Gasteiger partial charge on any atom is 0.0249 e. The predicted molar refractivity (Wildman–Crippen MR) is 83.5 cm³/mol. The molecule has 0 saturated heterocycles. The van der Waals surface area contributed by atoms with Gasteiger partial charge in [-0.15, -0.1) is 0 Å². The van der Waals surface area contributed by atoms with E-state index in [2.05, 4.69) is 31.0 Å². The average molecular weight is 266 g/mol. The quantitative estimate of drug-likeness (QED) is 0.612. The molecule has 2 saturated carbocycles. The zero-order valence-corrected chi connectivity index (χ0v) is 13.3. The zero-order valence-electron chi connectivity index (χ0n) is 13.3. The van der Waals surface area contributed by atoms with Gasteiger partial charge in [0.05, 0.1) is 0 Å². The van der Waals surface area contributed by atoms with E-state index in [1.165, 1.54) is 64.5 Å². The Morgan fingerprint density at radius 3 is 2.26 bits per heavy atom. The highest BCUT2D eigenvalue weighted by molar-refractivity contribution is 4.95. The van der Waals surface area contributed by atoms with Gasteiger partial charge in [0.2, 0.25) is 0 Å². The van der Waals surface area contributed by atoms with Crippen LogP contribution in [0.3, 0.4) is 0 Å². The molecule has 2 heteroatoms. The Morgan fingerprint density at radius 1 is 1.05 bits per heavy atom. The third kappa shape index (κ3) is 4.75. The molecular formula is C17H34N2. The van der Waals surface area contributed by atoms with E-state index in [9.17, 15) is 0 Å². The van der Waals surface area contributed by atoms with Gasteiger partial charge in [0.25, 0.3) is 0 Å². The first-order valence-corrected chi connectivity index (χ1v) is 8.79. The van der Waals surface area contributed by atoms with Crippen LogP contribution < -0.4 is 5.32 Å². The Balaban J connectivity index is 1.94. The molecule has 2 unspecified atom stereocenters. The first-order valence-electron chi connectivity index (χ1n) is 8.79. The van der Waals surface area contributed by atoms with Gasteiger partial charge in [-0.05, 0) is 57.4 Å². The van der Waals surface area contributed by atoms with Crippen LogP contribution in [0.5, 0.6) is 0 Å². The second-order valence-corrected chi connectivity index (χ2v) is 6.70. The van der Waals surface area contributed by atoms with Gasteiger partial charge in [-0.25, -0.2) is 0 Å². The van der Waals surface area contributed by atoms with E-state index in [4.69, 9.17) is 0 Å². The summed E-state index contributed by atoms with van der Waals surface area (Å²) in [6.07, 6.45) is 11.1. The predicted octanol–water partition coefficient (Wildman–Crippen LogP) is 3.81. The van der Waals surface area contributed by atoms with Crippen molar-refractivity contribution in [2.45, 2.75) is 90.3 Å². The van der Waals surface area contributed by atoms with Crippen LogP contribution in [0, 0.1) is 5.92 Å². The third-order valence-electron chi connectivity index (χ3n) is 4.75. The lowest BCUT2D eigenvalue weighted by atomic mass is 9.98. The van der Waals surface area contributed by atoms with Crippen molar-refractivity contribution in [2.75, 3.05) is 13.1 Å². The summed E-state index contributed by atoms with van der Waals surface area (Å²) in [5, 5.41) is 3.84. The van der Waals surface area contributed by atoms with Crippen molar-refractivity contribution in [3.8, 4) is 0 Å². The Labute approximate surface area is 120 Å². The lowest BCUT2D eigenvalue weighted by molar-refractivity contribution is 0.131. The first kappa shape index (κ1) is 15.3. The van der Waals surface area contributed by atoms with Crippen molar-refractivity contribution in [2.24, 2.45) is 5.92 Å². The normalized spacial score (nSPS) is 22.7. The summed E-state index contributed by atoms with van der Waals surface area (Å²) >= 11 is 0. The molecule has 2 aliphatic rings. The maximum atomic E-state index is 3.84. The standard InChI is InChI=1S/C17H34N2/c1-4-7-16(18-12-5-2)17(6-3)19(15-10-11-15)13-14-8-9-14/h14-18H,4-13H2,1-3H3. The largest absolute Gasteiger partial charge is 0.312 e. The van der Waals surface area contributed by atoms with E-state index in [-0.39, 0.29) is 0 Å². The van der Waals surface area contributed by atoms with Gasteiger partial charge in [-0.3, -0.25) is 4.90 Å². The molecule has 2 rings (SSSR count). The minimum Gasteiger partial charge on any atom is -0.312 e. The van der Waals surface area contributed by atoms with Crippen molar-refractivity contribution < 1.29 is 0 Å². The van der Waals surface area contributed by atoms with Crippen LogP contribution in [-0.2, 0) is 0 Å². The van der Waals surface area contributed by atoms with E-state index >= 15 is 0 Å². The van der Waals surface area contributed by atoms with Gasteiger partial charge >= 0.3 is 0 Å². The molecule has 2 aliphatic carbocycles. The second kappa shape index (κ2) is 7.64. The van der Waals surface area contributed by atoms with Crippen LogP contribution in [0.15, 0.2) is 0 Å². The molecule has 2 nitrogen and oxygen atoms in total. The van der Waals surface area contributed by atoms with Crippen molar-refractivity contribution in [3.05, 3.63) is 0 Å². The number of nitrogens with zero attached hydrogens (tertiary/aromatic N) is 1. The van der Waals surface area contributed by atoms with E-state index in [1.54, 1.807) is 0 Å². The summed E-state index contributed by atoms with van der Waals surface area (Å²) < 4.78 is 0. The summed E-state index contributed by atoms with van der Waals surface area (Å²) in [6, 6.07) is 2.42. The van der Waals surface area contributed by atoms with Gasteiger partial charge in [0.1, 0.15) is 0 Å². The first-order chi connectivity index (χ1) is 9.30. The van der Waals surface area contributed by atoms with E-state index < -0.39 is 0 Å². The highest BCUT2D eigenvalue weighted by Crippen LogP contribution is 2.37. The number of hydrogen-bond donors (Lipinski definition) is 1. The molecule has 2 fully saturated rings. The molecule has 1 N–H and O–H groups in total. The SMILES string of the molecule is CCCNC(CCC)C(CC)N(CC1CC1)C1CC1. The van der Waals surface area contributed by atoms with Gasteiger partial charge in [-0.1, -0.05) is 27.2 Å². The Bertz CT molecular complexity index is 246. The topological polar surface area (TPSA) is 15.3 Å². The minimum absolute atomic E-state index is 0.717. The van der Waals surface area contributed by atoms with E-state index in [0.29, 0.717) is 6.04 Å². The van der Waals surface area contributed by atoms with Crippen molar-refractivity contribution in [3.63, 3.8) is 0 Å². The molecule has 0 amide bonds. The fourth-order valence-corrected chi connectivity index (χ4v) is 3.38. The second-order valence-electron chi connectivity index (χ2n) is 6.70. The molecule has 112 valence electrons. The summed E-state index contributed by atoms with van der Waals surface area (Å²) in [5.74, 6) is 1.03. The smallest absolute Gasteiger partial charge is 0.0249 e. The van der Waals surface area contributed by atoms with Gasteiger partial charge < -0.3 is 5.32 Å². The number of nitrogens with one attached hydrogen (secondary N) is 1. The van der Waals surface area contributed by atoms with E-state index in [1.807, 2.05) is 0 Å². The lowest BCUT2D eigenvalue weighted by Gasteiger charge is -2.37. The molecular weight excluding hydrogens is 232 g/mol. The number of rotatable bonds is 11. The highest BCUT2D eigenvalue weighted by Gasteiger charge is 2.39. The Hall–Kier alpha value is -0.0800. The fourth-order valence-electron chi connectivity index (χ4n) is 3.38. The zero-order chi connectivity index (χ0) is 13.7. The number of hydrogen-bond acceptors (Lipinski definition) is 2. The Morgan fingerprint density at radius 2 is 1.79 bits per heavy atom. The summed E-state index contributed by atoms with van der Waals surface area (Å²) in [6.45, 7) is 9.57. The third-order valence-corrected chi connectivity index (χ3v) is 4.75. The van der Waals surface area contributed by atoms with Crippen LogP contribution in [0.2, 0.25) is 0 Å². The molecule has 0 heterocycles. The summed E-state index contributed by atoms with van der Waals surface area (Å²) in [5.41, 5.74) is 0. The summed E-state index contributed by atoms with van der Waals surface area (Å²) in [7, 11) is 0. The monoisotopic (exact) mass is 266 g/mol. The molecule has 0 spiro atoms. The molecule has 2 atom stereocenters. The molecule has 0 aromatic rings. The summed E-state index contributed by atoms with van der Waals surface area (Å²) in [4.78, 5) is 2.89. The van der Waals surface area contributed by atoms with Gasteiger partial charge in [0, 0.05) is 24.7 Å². The maximum absolute atomic E-state index is 3.84. The Kier molecular flexibility index (Phi) is 6.15. The fraction of sp³-hybridized carbons (Fsp3) is 1.00.